The molecule has 0 amide bonds. The highest BCUT2D eigenvalue weighted by atomic mass is 16.3. The zero-order valence-corrected chi connectivity index (χ0v) is 11.8. The van der Waals surface area contributed by atoms with E-state index in [-0.39, 0.29) is 0 Å². The van der Waals surface area contributed by atoms with E-state index < -0.39 is 0 Å². The van der Waals surface area contributed by atoms with Gasteiger partial charge in [0.15, 0.2) is 0 Å². The zero-order chi connectivity index (χ0) is 13.7. The molecule has 0 atom stereocenters. The second kappa shape index (κ2) is 6.38. The highest BCUT2D eigenvalue weighted by Gasteiger charge is 2.08. The number of hydrogen-bond donors (Lipinski definition) is 1. The summed E-state index contributed by atoms with van der Waals surface area (Å²) in [6.07, 6.45) is 1.82. The predicted octanol–water partition coefficient (Wildman–Crippen LogP) is 3.05. The van der Waals surface area contributed by atoms with Crippen LogP contribution in [0.25, 0.3) is 0 Å². The molecule has 0 fully saturated rings. The summed E-state index contributed by atoms with van der Waals surface area (Å²) in [5.41, 5.74) is 1.20. The number of furan rings is 1. The summed E-state index contributed by atoms with van der Waals surface area (Å²) < 4.78 is 5.60. The second-order valence-corrected chi connectivity index (χ2v) is 4.73. The van der Waals surface area contributed by atoms with Crippen molar-refractivity contribution in [2.75, 3.05) is 18.9 Å². The average Bonchev–Trinajstić information content (AvgIpc) is 2.77. The minimum absolute atomic E-state index is 0.800. The molecule has 0 saturated carbocycles. The Balaban J connectivity index is 2.00. The monoisotopic (exact) mass is 259 g/mol. The van der Waals surface area contributed by atoms with Crippen LogP contribution in [-0.4, -0.2) is 23.5 Å². The van der Waals surface area contributed by atoms with Crippen LogP contribution in [0, 0.1) is 6.92 Å². The molecule has 0 saturated heterocycles. The van der Waals surface area contributed by atoms with Crippen LogP contribution >= 0.6 is 0 Å². The highest BCUT2D eigenvalue weighted by Crippen LogP contribution is 2.15. The molecule has 0 aliphatic carbocycles. The van der Waals surface area contributed by atoms with E-state index in [0.29, 0.717) is 0 Å². The van der Waals surface area contributed by atoms with Crippen molar-refractivity contribution < 1.29 is 4.42 Å². The van der Waals surface area contributed by atoms with Gasteiger partial charge in [0.2, 0.25) is 0 Å². The van der Waals surface area contributed by atoms with Crippen LogP contribution < -0.4 is 5.32 Å². The van der Waals surface area contributed by atoms with Gasteiger partial charge in [-0.2, -0.15) is 0 Å². The predicted molar refractivity (Wildman–Crippen MR) is 77.0 cm³/mol. The number of anilines is 1. The maximum Gasteiger partial charge on any atom is 0.130 e. The van der Waals surface area contributed by atoms with Crippen LogP contribution in [0.4, 0.5) is 5.82 Å². The van der Waals surface area contributed by atoms with Gasteiger partial charge in [0.25, 0.3) is 0 Å². The summed E-state index contributed by atoms with van der Waals surface area (Å²) in [6.45, 7) is 6.57. The Hall–Kier alpha value is -1.81. The first-order valence-corrected chi connectivity index (χ1v) is 6.60. The van der Waals surface area contributed by atoms with Gasteiger partial charge in [-0.3, -0.25) is 4.90 Å². The molecule has 102 valence electrons. The number of nitrogens with one attached hydrogen (secondary N) is 1. The van der Waals surface area contributed by atoms with Gasteiger partial charge in [0.1, 0.15) is 17.3 Å². The van der Waals surface area contributed by atoms with Gasteiger partial charge in [-0.1, -0.05) is 6.07 Å². The smallest absolute Gasteiger partial charge is 0.130 e. The standard InChI is InChI=1S/C15H21N3O/c1-4-16-15-13(6-5-9-17-15)10-18(3)11-14-8-7-12(2)19-14/h5-9H,4,10-11H2,1-3H3,(H,16,17). The maximum absolute atomic E-state index is 5.60. The minimum atomic E-state index is 0.800. The Kier molecular flexibility index (Phi) is 4.58. The van der Waals surface area contributed by atoms with Gasteiger partial charge in [-0.05, 0) is 39.1 Å². The van der Waals surface area contributed by atoms with E-state index in [1.807, 2.05) is 31.3 Å². The van der Waals surface area contributed by atoms with Crippen LogP contribution in [0.2, 0.25) is 0 Å². The van der Waals surface area contributed by atoms with Crippen LogP contribution in [0.3, 0.4) is 0 Å². The molecule has 2 aromatic rings. The summed E-state index contributed by atoms with van der Waals surface area (Å²) in [7, 11) is 2.08. The van der Waals surface area contributed by atoms with Crippen molar-refractivity contribution in [3.05, 3.63) is 47.5 Å². The first kappa shape index (κ1) is 13.6. The lowest BCUT2D eigenvalue weighted by Crippen LogP contribution is -2.18. The van der Waals surface area contributed by atoms with Crippen molar-refractivity contribution >= 4 is 5.82 Å². The number of pyridine rings is 1. The molecule has 2 heterocycles. The van der Waals surface area contributed by atoms with Crippen molar-refractivity contribution in [2.24, 2.45) is 0 Å². The third-order valence-corrected chi connectivity index (χ3v) is 2.90. The number of aryl methyl sites for hydroxylation is 1. The second-order valence-electron chi connectivity index (χ2n) is 4.73. The number of nitrogens with zero attached hydrogens (tertiary/aromatic N) is 2. The Morgan fingerprint density at radius 3 is 2.79 bits per heavy atom. The molecular formula is C15H21N3O. The summed E-state index contributed by atoms with van der Waals surface area (Å²) >= 11 is 0. The van der Waals surface area contributed by atoms with Gasteiger partial charge >= 0.3 is 0 Å². The van der Waals surface area contributed by atoms with Crippen LogP contribution in [-0.2, 0) is 13.1 Å². The molecule has 4 heteroatoms. The van der Waals surface area contributed by atoms with E-state index >= 15 is 0 Å². The summed E-state index contributed by atoms with van der Waals surface area (Å²) in [4.78, 5) is 6.59. The molecule has 2 aromatic heterocycles. The van der Waals surface area contributed by atoms with Crippen molar-refractivity contribution in [1.82, 2.24) is 9.88 Å². The largest absolute Gasteiger partial charge is 0.465 e. The van der Waals surface area contributed by atoms with E-state index in [9.17, 15) is 0 Å². The Bertz CT molecular complexity index is 522. The lowest BCUT2D eigenvalue weighted by atomic mass is 10.2. The summed E-state index contributed by atoms with van der Waals surface area (Å²) in [5, 5.41) is 3.29. The molecule has 19 heavy (non-hydrogen) atoms. The Morgan fingerprint density at radius 2 is 2.11 bits per heavy atom. The maximum atomic E-state index is 5.60. The molecule has 0 unspecified atom stereocenters. The third kappa shape index (κ3) is 3.83. The third-order valence-electron chi connectivity index (χ3n) is 2.90. The lowest BCUT2D eigenvalue weighted by molar-refractivity contribution is 0.285. The number of rotatable bonds is 6. The molecule has 0 radical (unpaired) electrons. The van der Waals surface area contributed by atoms with E-state index in [2.05, 4.69) is 35.2 Å². The summed E-state index contributed by atoms with van der Waals surface area (Å²) in [5.74, 6) is 2.92. The fourth-order valence-corrected chi connectivity index (χ4v) is 2.08. The molecule has 0 aliphatic heterocycles. The first-order valence-electron chi connectivity index (χ1n) is 6.60. The van der Waals surface area contributed by atoms with Gasteiger partial charge < -0.3 is 9.73 Å². The van der Waals surface area contributed by atoms with E-state index in [1.165, 1.54) is 5.56 Å². The minimum Gasteiger partial charge on any atom is -0.465 e. The van der Waals surface area contributed by atoms with Crippen LogP contribution in [0.5, 0.6) is 0 Å². The van der Waals surface area contributed by atoms with Gasteiger partial charge in [-0.15, -0.1) is 0 Å². The fourth-order valence-electron chi connectivity index (χ4n) is 2.08. The van der Waals surface area contributed by atoms with Crippen molar-refractivity contribution in [1.29, 1.82) is 0 Å². The van der Waals surface area contributed by atoms with Crippen LogP contribution in [0.15, 0.2) is 34.9 Å². The molecule has 0 spiro atoms. The molecule has 1 N–H and O–H groups in total. The Morgan fingerprint density at radius 1 is 1.26 bits per heavy atom. The van der Waals surface area contributed by atoms with E-state index in [1.54, 1.807) is 0 Å². The molecule has 2 rings (SSSR count). The first-order chi connectivity index (χ1) is 9.19. The Labute approximate surface area is 114 Å². The van der Waals surface area contributed by atoms with Crippen molar-refractivity contribution in [3.63, 3.8) is 0 Å². The molecular weight excluding hydrogens is 238 g/mol. The highest BCUT2D eigenvalue weighted by molar-refractivity contribution is 5.43. The van der Waals surface area contributed by atoms with Crippen molar-refractivity contribution in [3.8, 4) is 0 Å². The molecule has 4 nitrogen and oxygen atoms in total. The topological polar surface area (TPSA) is 41.3 Å². The number of aromatic nitrogens is 1. The van der Waals surface area contributed by atoms with Gasteiger partial charge in [0.05, 0.1) is 6.54 Å². The molecule has 0 aliphatic rings. The van der Waals surface area contributed by atoms with E-state index in [0.717, 1.165) is 37.0 Å². The number of hydrogen-bond acceptors (Lipinski definition) is 4. The normalized spacial score (nSPS) is 10.9. The zero-order valence-electron chi connectivity index (χ0n) is 11.8. The lowest BCUT2D eigenvalue weighted by Gasteiger charge is -2.17. The van der Waals surface area contributed by atoms with Crippen molar-refractivity contribution in [2.45, 2.75) is 26.9 Å². The van der Waals surface area contributed by atoms with Crippen LogP contribution in [0.1, 0.15) is 24.0 Å². The van der Waals surface area contributed by atoms with E-state index in [4.69, 9.17) is 4.42 Å². The van der Waals surface area contributed by atoms with Gasteiger partial charge in [0, 0.05) is 24.8 Å². The molecule has 0 aromatic carbocycles. The quantitative estimate of drug-likeness (QED) is 0.865. The SMILES string of the molecule is CCNc1ncccc1CN(C)Cc1ccc(C)o1. The molecule has 0 bridgehead atoms. The summed E-state index contributed by atoms with van der Waals surface area (Å²) in [6, 6.07) is 8.10. The average molecular weight is 259 g/mol. The van der Waals surface area contributed by atoms with Gasteiger partial charge in [-0.25, -0.2) is 4.98 Å². The fraction of sp³-hybridized carbons (Fsp3) is 0.400.